The summed E-state index contributed by atoms with van der Waals surface area (Å²) in [6.07, 6.45) is 0. The number of hydrogen-bond acceptors (Lipinski definition) is 4. The number of hydrogen-bond donors (Lipinski definition) is 2. The van der Waals surface area contributed by atoms with E-state index >= 15 is 0 Å². The molecule has 7 heteroatoms. The Morgan fingerprint density at radius 2 is 2.00 bits per heavy atom. The summed E-state index contributed by atoms with van der Waals surface area (Å²) in [7, 11) is 1.71. The summed E-state index contributed by atoms with van der Waals surface area (Å²) >= 11 is 0. The molecule has 1 aliphatic heterocycles. The van der Waals surface area contributed by atoms with Crippen LogP contribution in [0.4, 0.5) is 0 Å². The van der Waals surface area contributed by atoms with E-state index in [0.29, 0.717) is 35.4 Å². The first-order valence-corrected chi connectivity index (χ1v) is 8.62. The van der Waals surface area contributed by atoms with Gasteiger partial charge in [-0.2, -0.15) is 0 Å². The van der Waals surface area contributed by atoms with Gasteiger partial charge in [-0.25, -0.2) is 4.98 Å². The maximum absolute atomic E-state index is 13.2. The summed E-state index contributed by atoms with van der Waals surface area (Å²) in [6, 6.07) is 11.5. The highest BCUT2D eigenvalue weighted by molar-refractivity contribution is 6.05. The molecule has 1 saturated heterocycles. The number of rotatable bonds is 2. The average molecular weight is 351 g/mol. The molecule has 0 aliphatic carbocycles. The summed E-state index contributed by atoms with van der Waals surface area (Å²) in [6.45, 7) is 2.82. The monoisotopic (exact) mass is 351 g/mol. The Bertz CT molecular complexity index is 1040. The van der Waals surface area contributed by atoms with Crippen LogP contribution < -0.4 is 11.3 Å². The smallest absolute Gasteiger partial charge is 0.274 e. The van der Waals surface area contributed by atoms with Crippen molar-refractivity contribution in [2.75, 3.05) is 13.1 Å². The Labute approximate surface area is 150 Å². The fourth-order valence-electron chi connectivity index (χ4n) is 3.77. The molecular formula is C19H21N5O2. The number of likely N-dealkylation sites (tertiary alicyclic amines) is 1. The van der Waals surface area contributed by atoms with Crippen LogP contribution in [0, 0.1) is 6.92 Å². The number of aromatic nitrogens is 3. The zero-order chi connectivity index (χ0) is 18.4. The van der Waals surface area contributed by atoms with Crippen LogP contribution in [0.1, 0.15) is 27.5 Å². The third-order valence-corrected chi connectivity index (χ3v) is 5.05. The number of benzene rings is 1. The lowest BCUT2D eigenvalue weighted by molar-refractivity contribution is 0.0791. The molecule has 3 heterocycles. The van der Waals surface area contributed by atoms with E-state index in [-0.39, 0.29) is 23.4 Å². The van der Waals surface area contributed by atoms with Crippen LogP contribution in [-0.4, -0.2) is 44.7 Å². The number of aromatic amines is 1. The summed E-state index contributed by atoms with van der Waals surface area (Å²) in [5.41, 5.74) is 8.71. The lowest BCUT2D eigenvalue weighted by Gasteiger charge is -2.17. The van der Waals surface area contributed by atoms with E-state index in [9.17, 15) is 9.59 Å². The van der Waals surface area contributed by atoms with Crippen LogP contribution in [0.5, 0.6) is 0 Å². The first kappa shape index (κ1) is 16.5. The predicted molar refractivity (Wildman–Crippen MR) is 99.1 cm³/mol. The van der Waals surface area contributed by atoms with Crippen LogP contribution in [0.3, 0.4) is 0 Å². The van der Waals surface area contributed by atoms with Gasteiger partial charge in [-0.05, 0) is 18.6 Å². The number of H-pyrrole nitrogens is 1. The van der Waals surface area contributed by atoms with Crippen molar-refractivity contribution in [3.05, 3.63) is 63.6 Å². The number of carbonyl (C=O) groups excluding carboxylic acids is 1. The number of nitrogens with one attached hydrogen (secondary N) is 1. The van der Waals surface area contributed by atoms with Crippen molar-refractivity contribution < 1.29 is 4.79 Å². The molecule has 3 N–H and O–H groups in total. The number of aryl methyl sites for hydroxylation is 2. The second-order valence-corrected chi connectivity index (χ2v) is 6.90. The van der Waals surface area contributed by atoms with E-state index in [1.54, 1.807) is 22.7 Å². The average Bonchev–Trinajstić information content (AvgIpc) is 3.14. The molecule has 1 aromatic carbocycles. The van der Waals surface area contributed by atoms with E-state index in [0.717, 1.165) is 5.56 Å². The number of pyridine rings is 1. The number of carbonyl (C=O) groups is 1. The molecule has 1 amide bonds. The van der Waals surface area contributed by atoms with Gasteiger partial charge in [-0.15, -0.1) is 0 Å². The predicted octanol–water partition coefficient (Wildman–Crippen LogP) is 1.14. The molecule has 0 spiro atoms. The molecule has 26 heavy (non-hydrogen) atoms. The standard InChI is InChI=1S/C19H21N5O2/c1-11-8-13(16-17(21-11)23(2)22-18(16)25)19(26)24-9-14(15(20)10-24)12-6-4-3-5-7-12/h3-8,14-15H,9-10,20H2,1-2H3,(H,22,25)/t14-,15+/m0/s1. The van der Waals surface area contributed by atoms with Gasteiger partial charge in [-0.3, -0.25) is 19.4 Å². The molecule has 0 radical (unpaired) electrons. The molecule has 0 saturated carbocycles. The highest BCUT2D eigenvalue weighted by Gasteiger charge is 2.35. The largest absolute Gasteiger partial charge is 0.336 e. The molecular weight excluding hydrogens is 330 g/mol. The minimum absolute atomic E-state index is 0.0904. The second-order valence-electron chi connectivity index (χ2n) is 6.90. The Balaban J connectivity index is 1.71. The highest BCUT2D eigenvalue weighted by Crippen LogP contribution is 2.28. The van der Waals surface area contributed by atoms with E-state index in [1.165, 1.54) is 0 Å². The zero-order valence-electron chi connectivity index (χ0n) is 14.8. The van der Waals surface area contributed by atoms with Crippen molar-refractivity contribution in [1.29, 1.82) is 0 Å². The topological polar surface area (TPSA) is 97.0 Å². The minimum Gasteiger partial charge on any atom is -0.336 e. The SMILES string of the molecule is Cc1cc(C(=O)N2C[C@@H](N)[C@H](c3ccccc3)C2)c2c(=O)[nH]n(C)c2n1. The number of fused-ring (bicyclic) bond motifs is 1. The molecule has 7 nitrogen and oxygen atoms in total. The first-order chi connectivity index (χ1) is 12.5. The van der Waals surface area contributed by atoms with E-state index < -0.39 is 0 Å². The molecule has 4 rings (SSSR count). The van der Waals surface area contributed by atoms with Gasteiger partial charge in [0.05, 0.1) is 10.9 Å². The van der Waals surface area contributed by atoms with Gasteiger partial charge < -0.3 is 10.6 Å². The fourth-order valence-corrected chi connectivity index (χ4v) is 3.77. The minimum atomic E-state index is -0.304. The van der Waals surface area contributed by atoms with E-state index in [1.807, 2.05) is 37.3 Å². The molecule has 0 unspecified atom stereocenters. The van der Waals surface area contributed by atoms with Crippen molar-refractivity contribution in [2.24, 2.45) is 12.8 Å². The van der Waals surface area contributed by atoms with Gasteiger partial charge in [0.15, 0.2) is 5.65 Å². The van der Waals surface area contributed by atoms with Crippen LogP contribution in [0.2, 0.25) is 0 Å². The second kappa shape index (κ2) is 6.10. The van der Waals surface area contributed by atoms with Crippen molar-refractivity contribution in [3.8, 4) is 0 Å². The quantitative estimate of drug-likeness (QED) is 0.723. The summed E-state index contributed by atoms with van der Waals surface area (Å²) in [5, 5.41) is 3.01. The molecule has 2 aromatic heterocycles. The van der Waals surface area contributed by atoms with Crippen molar-refractivity contribution in [2.45, 2.75) is 18.9 Å². The van der Waals surface area contributed by atoms with E-state index in [2.05, 4.69) is 10.1 Å². The van der Waals surface area contributed by atoms with E-state index in [4.69, 9.17) is 5.73 Å². The Hall–Kier alpha value is -2.93. The zero-order valence-corrected chi connectivity index (χ0v) is 14.8. The summed E-state index contributed by atoms with van der Waals surface area (Å²) < 4.78 is 1.55. The Morgan fingerprint density at radius 3 is 2.73 bits per heavy atom. The van der Waals surface area contributed by atoms with Gasteiger partial charge in [0, 0.05) is 37.8 Å². The number of amides is 1. The van der Waals surface area contributed by atoms with Crippen molar-refractivity contribution in [3.63, 3.8) is 0 Å². The molecule has 3 aromatic rings. The highest BCUT2D eigenvalue weighted by atomic mass is 16.2. The van der Waals surface area contributed by atoms with Crippen LogP contribution in [0.25, 0.3) is 11.0 Å². The molecule has 1 fully saturated rings. The Morgan fingerprint density at radius 1 is 1.27 bits per heavy atom. The fraction of sp³-hybridized carbons (Fsp3) is 0.316. The first-order valence-electron chi connectivity index (χ1n) is 8.62. The summed E-state index contributed by atoms with van der Waals surface area (Å²) in [5.74, 6) is -0.0845. The maximum Gasteiger partial charge on any atom is 0.274 e. The van der Waals surface area contributed by atoms with Gasteiger partial charge in [0.1, 0.15) is 0 Å². The lowest BCUT2D eigenvalue weighted by Crippen LogP contribution is -2.32. The maximum atomic E-state index is 13.2. The van der Waals surface area contributed by atoms with Crippen molar-refractivity contribution in [1.82, 2.24) is 19.7 Å². The van der Waals surface area contributed by atoms with Crippen LogP contribution >= 0.6 is 0 Å². The van der Waals surface area contributed by atoms with Gasteiger partial charge in [-0.1, -0.05) is 30.3 Å². The molecule has 134 valence electrons. The third kappa shape index (κ3) is 2.61. The van der Waals surface area contributed by atoms with Gasteiger partial charge >= 0.3 is 0 Å². The number of nitrogens with two attached hydrogens (primary N) is 1. The van der Waals surface area contributed by atoms with Crippen molar-refractivity contribution >= 4 is 16.9 Å². The normalized spacial score (nSPS) is 20.0. The Kier molecular flexibility index (Phi) is 3.88. The van der Waals surface area contributed by atoms with Crippen LogP contribution in [-0.2, 0) is 7.05 Å². The lowest BCUT2D eigenvalue weighted by atomic mass is 9.95. The third-order valence-electron chi connectivity index (χ3n) is 5.05. The molecule has 2 atom stereocenters. The molecule has 1 aliphatic rings. The molecule has 0 bridgehead atoms. The van der Waals surface area contributed by atoms with Gasteiger partial charge in [0.2, 0.25) is 0 Å². The van der Waals surface area contributed by atoms with Crippen LogP contribution in [0.15, 0.2) is 41.2 Å². The number of nitrogens with zero attached hydrogens (tertiary/aromatic N) is 3. The van der Waals surface area contributed by atoms with Gasteiger partial charge in [0.25, 0.3) is 11.5 Å². The summed E-state index contributed by atoms with van der Waals surface area (Å²) in [4.78, 5) is 31.6.